The summed E-state index contributed by atoms with van der Waals surface area (Å²) in [6, 6.07) is 3.57. The zero-order chi connectivity index (χ0) is 16.3. The lowest BCUT2D eigenvalue weighted by molar-refractivity contribution is -0.147. The van der Waals surface area contributed by atoms with E-state index in [2.05, 4.69) is 5.32 Å². The molecule has 1 atom stereocenters. The second-order valence-electron chi connectivity index (χ2n) is 4.89. The number of carbonyl (C=O) groups excluding carboxylic acids is 2. The molecule has 1 aromatic carbocycles. The van der Waals surface area contributed by atoms with E-state index < -0.39 is 23.8 Å². The molecule has 8 heteroatoms. The quantitative estimate of drug-likeness (QED) is 0.871. The van der Waals surface area contributed by atoms with Gasteiger partial charge >= 0.3 is 5.97 Å². The molecule has 6 nitrogen and oxygen atoms in total. The highest BCUT2D eigenvalue weighted by Gasteiger charge is 2.33. The van der Waals surface area contributed by atoms with E-state index in [1.165, 1.54) is 23.1 Å². The smallest absolute Gasteiger partial charge is 0.326 e. The van der Waals surface area contributed by atoms with Crippen molar-refractivity contribution < 1.29 is 19.5 Å². The van der Waals surface area contributed by atoms with Crippen molar-refractivity contribution >= 4 is 41.0 Å². The molecule has 2 amide bonds. The summed E-state index contributed by atoms with van der Waals surface area (Å²) in [7, 11) is 0. The van der Waals surface area contributed by atoms with Crippen molar-refractivity contribution in [2.75, 3.05) is 13.1 Å². The molecule has 2 N–H and O–H groups in total. The molecule has 118 valence electrons. The number of benzene rings is 1. The SMILES string of the molecule is O=C(NCC(=O)N1CCCC1C(=O)O)c1ccc(Cl)c(Cl)c1. The van der Waals surface area contributed by atoms with Gasteiger partial charge in [0, 0.05) is 12.1 Å². The van der Waals surface area contributed by atoms with Crippen molar-refractivity contribution in [2.24, 2.45) is 0 Å². The summed E-state index contributed by atoms with van der Waals surface area (Å²) in [5.74, 6) is -1.92. The van der Waals surface area contributed by atoms with Gasteiger partial charge in [-0.25, -0.2) is 4.79 Å². The molecule has 1 saturated heterocycles. The van der Waals surface area contributed by atoms with Crippen LogP contribution in [0, 0.1) is 0 Å². The maximum absolute atomic E-state index is 12.0. The van der Waals surface area contributed by atoms with Gasteiger partial charge in [0.15, 0.2) is 0 Å². The molecule has 1 aromatic rings. The number of hydrogen-bond acceptors (Lipinski definition) is 3. The monoisotopic (exact) mass is 344 g/mol. The van der Waals surface area contributed by atoms with Crippen LogP contribution in [0.4, 0.5) is 0 Å². The summed E-state index contributed by atoms with van der Waals surface area (Å²) in [5, 5.41) is 12.1. The number of aliphatic carboxylic acids is 1. The third-order valence-electron chi connectivity index (χ3n) is 3.44. The minimum atomic E-state index is -1.03. The fourth-order valence-electron chi connectivity index (χ4n) is 2.32. The van der Waals surface area contributed by atoms with Crippen LogP contribution in [-0.4, -0.2) is 46.9 Å². The van der Waals surface area contributed by atoms with E-state index in [-0.39, 0.29) is 17.1 Å². The highest BCUT2D eigenvalue weighted by Crippen LogP contribution is 2.22. The third-order valence-corrected chi connectivity index (χ3v) is 4.18. The number of nitrogens with one attached hydrogen (secondary N) is 1. The minimum absolute atomic E-state index is 0.242. The number of amides is 2. The van der Waals surface area contributed by atoms with Crippen molar-refractivity contribution in [1.82, 2.24) is 10.2 Å². The molecule has 0 saturated carbocycles. The summed E-state index contributed by atoms with van der Waals surface area (Å²) in [4.78, 5) is 36.3. The molecular formula is C14H14Cl2N2O4. The van der Waals surface area contributed by atoms with Crippen LogP contribution in [0.25, 0.3) is 0 Å². The Kier molecular flexibility index (Phi) is 5.26. The lowest BCUT2D eigenvalue weighted by atomic mass is 10.2. The van der Waals surface area contributed by atoms with Crippen LogP contribution in [0.15, 0.2) is 18.2 Å². The maximum atomic E-state index is 12.0. The predicted molar refractivity (Wildman–Crippen MR) is 81.2 cm³/mol. The molecule has 1 unspecified atom stereocenters. The summed E-state index contributed by atoms with van der Waals surface area (Å²) in [6.45, 7) is 0.126. The predicted octanol–water partition coefficient (Wildman–Crippen LogP) is 1.80. The minimum Gasteiger partial charge on any atom is -0.480 e. The Morgan fingerprint density at radius 1 is 1.27 bits per heavy atom. The van der Waals surface area contributed by atoms with E-state index in [0.717, 1.165) is 0 Å². The van der Waals surface area contributed by atoms with Gasteiger partial charge in [-0.2, -0.15) is 0 Å². The molecular weight excluding hydrogens is 331 g/mol. The van der Waals surface area contributed by atoms with Gasteiger partial charge in [-0.1, -0.05) is 23.2 Å². The molecule has 22 heavy (non-hydrogen) atoms. The van der Waals surface area contributed by atoms with Crippen molar-refractivity contribution in [3.8, 4) is 0 Å². The molecule has 1 aliphatic heterocycles. The number of carboxylic acid groups (broad SMARTS) is 1. The number of nitrogens with zero attached hydrogens (tertiary/aromatic N) is 1. The second kappa shape index (κ2) is 6.98. The van der Waals surface area contributed by atoms with E-state index in [0.29, 0.717) is 24.4 Å². The first-order valence-electron chi connectivity index (χ1n) is 6.65. The number of halogens is 2. The summed E-state index contributed by atoms with van der Waals surface area (Å²) in [5.41, 5.74) is 0.276. The molecule has 0 aromatic heterocycles. The summed E-state index contributed by atoms with van der Waals surface area (Å²) < 4.78 is 0. The van der Waals surface area contributed by atoms with E-state index in [4.69, 9.17) is 28.3 Å². The Morgan fingerprint density at radius 3 is 2.64 bits per heavy atom. The molecule has 0 aliphatic carbocycles. The van der Waals surface area contributed by atoms with E-state index in [1.807, 2.05) is 0 Å². The number of rotatable bonds is 4. The van der Waals surface area contributed by atoms with Crippen molar-refractivity contribution in [1.29, 1.82) is 0 Å². The van der Waals surface area contributed by atoms with E-state index >= 15 is 0 Å². The molecule has 0 bridgehead atoms. The Morgan fingerprint density at radius 2 is 2.00 bits per heavy atom. The van der Waals surface area contributed by atoms with Gasteiger partial charge in [0.25, 0.3) is 5.91 Å². The summed E-state index contributed by atoms with van der Waals surface area (Å²) >= 11 is 11.6. The molecule has 0 radical (unpaired) electrons. The second-order valence-corrected chi connectivity index (χ2v) is 5.71. The molecule has 1 fully saturated rings. The topological polar surface area (TPSA) is 86.7 Å². The average molecular weight is 345 g/mol. The number of carbonyl (C=O) groups is 3. The molecule has 0 spiro atoms. The molecule has 1 heterocycles. The Labute approximate surface area is 137 Å². The molecule has 1 aliphatic rings. The summed E-state index contributed by atoms with van der Waals surface area (Å²) in [6.07, 6.45) is 1.07. The standard InChI is InChI=1S/C14H14Cl2N2O4/c15-9-4-3-8(6-10(9)16)13(20)17-7-12(19)18-5-1-2-11(18)14(21)22/h3-4,6,11H,1-2,5,7H2,(H,17,20)(H,21,22). The number of likely N-dealkylation sites (tertiary alicyclic amines) is 1. The van der Waals surface area contributed by atoms with Gasteiger partial charge in [-0.05, 0) is 31.0 Å². The lowest BCUT2D eigenvalue weighted by Crippen LogP contribution is -2.45. The van der Waals surface area contributed by atoms with Gasteiger partial charge in [0.05, 0.1) is 16.6 Å². The lowest BCUT2D eigenvalue weighted by Gasteiger charge is -2.21. The van der Waals surface area contributed by atoms with Crippen LogP contribution in [0.5, 0.6) is 0 Å². The fraction of sp³-hybridized carbons (Fsp3) is 0.357. The van der Waals surface area contributed by atoms with Crippen LogP contribution in [0.3, 0.4) is 0 Å². The first kappa shape index (κ1) is 16.6. The number of carboxylic acids is 1. The van der Waals surface area contributed by atoms with E-state index in [1.54, 1.807) is 0 Å². The van der Waals surface area contributed by atoms with Crippen LogP contribution in [0.1, 0.15) is 23.2 Å². The van der Waals surface area contributed by atoms with Crippen molar-refractivity contribution in [3.63, 3.8) is 0 Å². The van der Waals surface area contributed by atoms with Gasteiger partial charge in [0.2, 0.25) is 5.91 Å². The van der Waals surface area contributed by atoms with Crippen LogP contribution < -0.4 is 5.32 Å². The van der Waals surface area contributed by atoms with Gasteiger partial charge in [-0.3, -0.25) is 9.59 Å². The van der Waals surface area contributed by atoms with E-state index in [9.17, 15) is 14.4 Å². The zero-order valence-corrected chi connectivity index (χ0v) is 13.0. The zero-order valence-electron chi connectivity index (χ0n) is 11.5. The first-order chi connectivity index (χ1) is 10.4. The number of hydrogen-bond donors (Lipinski definition) is 2. The highest BCUT2D eigenvalue weighted by molar-refractivity contribution is 6.42. The average Bonchev–Trinajstić information content (AvgIpc) is 2.97. The highest BCUT2D eigenvalue weighted by atomic mass is 35.5. The van der Waals surface area contributed by atoms with Crippen LogP contribution in [-0.2, 0) is 9.59 Å². The van der Waals surface area contributed by atoms with Gasteiger partial charge < -0.3 is 15.3 Å². The van der Waals surface area contributed by atoms with Crippen molar-refractivity contribution in [3.05, 3.63) is 33.8 Å². The maximum Gasteiger partial charge on any atom is 0.326 e. The fourth-order valence-corrected chi connectivity index (χ4v) is 2.62. The Balaban J connectivity index is 1.94. The van der Waals surface area contributed by atoms with Crippen LogP contribution >= 0.6 is 23.2 Å². The van der Waals surface area contributed by atoms with Crippen molar-refractivity contribution in [2.45, 2.75) is 18.9 Å². The van der Waals surface area contributed by atoms with Gasteiger partial charge in [-0.15, -0.1) is 0 Å². The Hall–Kier alpha value is -1.79. The largest absolute Gasteiger partial charge is 0.480 e. The normalized spacial score (nSPS) is 17.4. The van der Waals surface area contributed by atoms with Gasteiger partial charge in [0.1, 0.15) is 6.04 Å². The third kappa shape index (κ3) is 3.69. The first-order valence-corrected chi connectivity index (χ1v) is 7.41. The Bertz CT molecular complexity index is 621. The molecule has 2 rings (SSSR count). The van der Waals surface area contributed by atoms with Crippen LogP contribution in [0.2, 0.25) is 10.0 Å².